The molecule has 5 heteroatoms. The van der Waals surface area contributed by atoms with E-state index in [0.29, 0.717) is 5.84 Å². The van der Waals surface area contributed by atoms with Crippen LogP contribution in [0.3, 0.4) is 0 Å². The van der Waals surface area contributed by atoms with Gasteiger partial charge in [-0.15, -0.1) is 0 Å². The van der Waals surface area contributed by atoms with E-state index in [9.17, 15) is 4.79 Å². The lowest BCUT2D eigenvalue weighted by molar-refractivity contribution is 0.234. The molecule has 0 bridgehead atoms. The average molecular weight is 366 g/mol. The van der Waals surface area contributed by atoms with E-state index >= 15 is 0 Å². The van der Waals surface area contributed by atoms with Crippen LogP contribution in [0.15, 0.2) is 88.8 Å². The molecule has 5 rings (SSSR count). The molecule has 2 aliphatic heterocycles. The molecule has 2 amide bonds. The molecule has 28 heavy (non-hydrogen) atoms. The van der Waals surface area contributed by atoms with Gasteiger partial charge in [0.2, 0.25) is 0 Å². The quantitative estimate of drug-likeness (QED) is 0.723. The summed E-state index contributed by atoms with van der Waals surface area (Å²) in [4.78, 5) is 23.6. The van der Waals surface area contributed by atoms with Crippen molar-refractivity contribution in [2.45, 2.75) is 13.1 Å². The summed E-state index contributed by atoms with van der Waals surface area (Å²) in [5, 5.41) is 2.98. The van der Waals surface area contributed by atoms with Gasteiger partial charge >= 0.3 is 6.03 Å². The summed E-state index contributed by atoms with van der Waals surface area (Å²) in [7, 11) is 0. The lowest BCUT2D eigenvalue weighted by Gasteiger charge is -2.33. The monoisotopic (exact) mass is 366 g/mol. The maximum absolute atomic E-state index is 12.3. The summed E-state index contributed by atoms with van der Waals surface area (Å²) in [5.41, 5.74) is 4.92. The third-order valence-corrected chi connectivity index (χ3v) is 4.98. The van der Waals surface area contributed by atoms with Crippen LogP contribution >= 0.6 is 0 Å². The van der Waals surface area contributed by atoms with Crippen LogP contribution in [0.5, 0.6) is 0 Å². The number of fused-ring (bicyclic) bond motifs is 3. The van der Waals surface area contributed by atoms with Crippen molar-refractivity contribution in [1.82, 2.24) is 10.2 Å². The van der Waals surface area contributed by atoms with Gasteiger partial charge in [-0.1, -0.05) is 72.3 Å². The zero-order valence-corrected chi connectivity index (χ0v) is 15.3. The molecule has 2 aliphatic rings. The number of amidine groups is 2. The van der Waals surface area contributed by atoms with Gasteiger partial charge in [-0.25, -0.2) is 9.79 Å². The maximum Gasteiger partial charge on any atom is 0.344 e. The lowest BCUT2D eigenvalue weighted by atomic mass is 10.1. The second-order valence-electron chi connectivity index (χ2n) is 6.88. The predicted octanol–water partition coefficient (Wildman–Crippen LogP) is 4.56. The molecular weight excluding hydrogens is 348 g/mol. The van der Waals surface area contributed by atoms with Crippen molar-refractivity contribution < 1.29 is 4.79 Å². The Balaban J connectivity index is 1.71. The van der Waals surface area contributed by atoms with E-state index in [-0.39, 0.29) is 12.2 Å². The number of rotatable bonds is 2. The molecular formula is C23H18N4O. The third-order valence-electron chi connectivity index (χ3n) is 4.98. The molecule has 5 nitrogen and oxygen atoms in total. The van der Waals surface area contributed by atoms with Crippen LogP contribution in [0.1, 0.15) is 28.4 Å². The van der Waals surface area contributed by atoms with Crippen LogP contribution in [0, 0.1) is 6.92 Å². The summed E-state index contributed by atoms with van der Waals surface area (Å²) < 4.78 is 0. The largest absolute Gasteiger partial charge is 0.344 e. The molecule has 136 valence electrons. The van der Waals surface area contributed by atoms with Crippen molar-refractivity contribution >= 4 is 23.4 Å². The first kappa shape index (κ1) is 16.4. The fraction of sp³-hybridized carbons (Fsp3) is 0.0870. The first-order valence-electron chi connectivity index (χ1n) is 9.19. The van der Waals surface area contributed by atoms with E-state index in [1.165, 1.54) is 5.56 Å². The van der Waals surface area contributed by atoms with Gasteiger partial charge in [0.05, 0.1) is 5.69 Å². The number of carbonyl (C=O) groups is 1. The standard InChI is InChI=1S/C23H18N4O/c1-15-11-13-17(14-12-15)24-21-18-9-5-6-10-19(18)22-26-23(28)25-20(27(21)22)16-7-3-2-4-8-16/h2-14,20H,1H3,(H,25,28). The van der Waals surface area contributed by atoms with Crippen molar-refractivity contribution in [3.63, 3.8) is 0 Å². The van der Waals surface area contributed by atoms with E-state index < -0.39 is 0 Å². The number of carbonyl (C=O) groups excluding carboxylic acids is 1. The van der Waals surface area contributed by atoms with E-state index in [4.69, 9.17) is 4.99 Å². The molecule has 1 atom stereocenters. The summed E-state index contributed by atoms with van der Waals surface area (Å²) >= 11 is 0. The Kier molecular flexibility index (Phi) is 3.79. The lowest BCUT2D eigenvalue weighted by Crippen LogP contribution is -2.48. The number of nitrogens with zero attached hydrogens (tertiary/aromatic N) is 3. The van der Waals surface area contributed by atoms with Gasteiger partial charge in [0, 0.05) is 11.1 Å². The second kappa shape index (κ2) is 6.46. The fourth-order valence-electron chi connectivity index (χ4n) is 3.62. The molecule has 3 aromatic carbocycles. The van der Waals surface area contributed by atoms with Gasteiger partial charge in [-0.2, -0.15) is 4.99 Å². The average Bonchev–Trinajstić information content (AvgIpc) is 3.03. The Morgan fingerprint density at radius 1 is 0.893 bits per heavy atom. The maximum atomic E-state index is 12.3. The van der Waals surface area contributed by atoms with E-state index in [0.717, 1.165) is 28.2 Å². The minimum Gasteiger partial charge on any atom is -0.311 e. The zero-order chi connectivity index (χ0) is 19.1. The number of aliphatic imine (C=N–C) groups is 2. The minimum absolute atomic E-state index is 0.341. The van der Waals surface area contributed by atoms with Crippen molar-refractivity contribution in [2.24, 2.45) is 9.98 Å². The molecule has 0 spiro atoms. The molecule has 0 saturated heterocycles. The van der Waals surface area contributed by atoms with Gasteiger partial charge in [0.25, 0.3) is 0 Å². The van der Waals surface area contributed by atoms with Crippen LogP contribution in [-0.4, -0.2) is 22.6 Å². The molecule has 3 aromatic rings. The van der Waals surface area contributed by atoms with E-state index in [2.05, 4.69) is 17.2 Å². The number of nitrogens with one attached hydrogen (secondary N) is 1. The molecule has 0 aromatic heterocycles. The number of benzene rings is 3. The van der Waals surface area contributed by atoms with E-state index in [1.807, 2.05) is 83.8 Å². The van der Waals surface area contributed by atoms with Crippen LogP contribution in [0.25, 0.3) is 0 Å². The molecule has 1 unspecified atom stereocenters. The van der Waals surface area contributed by atoms with Crippen LogP contribution in [0.4, 0.5) is 10.5 Å². The SMILES string of the molecule is Cc1ccc(N=C2c3ccccc3C3=NC(=O)NC(c4ccccc4)N32)cc1. The highest BCUT2D eigenvalue weighted by atomic mass is 16.2. The molecule has 0 radical (unpaired) electrons. The van der Waals surface area contributed by atoms with Gasteiger partial charge in [0.15, 0.2) is 0 Å². The van der Waals surface area contributed by atoms with Crippen molar-refractivity contribution in [3.05, 3.63) is 101 Å². The molecule has 1 N–H and O–H groups in total. The molecule has 0 aliphatic carbocycles. The first-order chi connectivity index (χ1) is 13.7. The fourth-order valence-corrected chi connectivity index (χ4v) is 3.62. The van der Waals surface area contributed by atoms with Crippen LogP contribution in [-0.2, 0) is 0 Å². The van der Waals surface area contributed by atoms with Crippen LogP contribution in [0.2, 0.25) is 0 Å². The second-order valence-corrected chi connectivity index (χ2v) is 6.88. The van der Waals surface area contributed by atoms with Gasteiger partial charge in [-0.3, -0.25) is 4.90 Å². The van der Waals surface area contributed by atoms with Crippen molar-refractivity contribution in [2.75, 3.05) is 0 Å². The number of hydrogen-bond donors (Lipinski definition) is 1. The first-order valence-corrected chi connectivity index (χ1v) is 9.19. The van der Waals surface area contributed by atoms with Crippen molar-refractivity contribution in [1.29, 1.82) is 0 Å². The van der Waals surface area contributed by atoms with Crippen molar-refractivity contribution in [3.8, 4) is 0 Å². The molecule has 2 heterocycles. The van der Waals surface area contributed by atoms with Crippen LogP contribution < -0.4 is 5.32 Å². The Labute approximate surface area is 163 Å². The predicted molar refractivity (Wildman–Crippen MR) is 110 cm³/mol. The van der Waals surface area contributed by atoms with Gasteiger partial charge < -0.3 is 5.32 Å². The van der Waals surface area contributed by atoms with Gasteiger partial charge in [-0.05, 0) is 24.6 Å². The van der Waals surface area contributed by atoms with E-state index in [1.54, 1.807) is 0 Å². The number of aryl methyl sites for hydroxylation is 1. The highest BCUT2D eigenvalue weighted by Crippen LogP contribution is 2.34. The minimum atomic E-state index is -0.363. The third kappa shape index (κ3) is 2.68. The zero-order valence-electron chi connectivity index (χ0n) is 15.3. The topological polar surface area (TPSA) is 57.1 Å². The highest BCUT2D eigenvalue weighted by molar-refractivity contribution is 6.28. The summed E-state index contributed by atoms with van der Waals surface area (Å²) in [5.74, 6) is 1.42. The summed E-state index contributed by atoms with van der Waals surface area (Å²) in [6.45, 7) is 2.05. The molecule has 0 fully saturated rings. The summed E-state index contributed by atoms with van der Waals surface area (Å²) in [6.07, 6.45) is -0.363. The summed E-state index contributed by atoms with van der Waals surface area (Å²) in [6, 6.07) is 25.6. The Hall–Kier alpha value is -3.73. The van der Waals surface area contributed by atoms with Gasteiger partial charge in [0.1, 0.15) is 17.8 Å². The molecule has 0 saturated carbocycles. The highest BCUT2D eigenvalue weighted by Gasteiger charge is 2.41. The number of hydrogen-bond acceptors (Lipinski definition) is 2. The Bertz CT molecular complexity index is 1120. The number of urea groups is 1. The Morgan fingerprint density at radius 2 is 1.57 bits per heavy atom. The Morgan fingerprint density at radius 3 is 2.32 bits per heavy atom. The smallest absolute Gasteiger partial charge is 0.311 e. The normalized spacial score (nSPS) is 19.1. The number of amides is 2.